The van der Waals surface area contributed by atoms with E-state index in [0.29, 0.717) is 26.3 Å². The van der Waals surface area contributed by atoms with E-state index < -0.39 is 17.2 Å². The number of aryl methyl sites for hydroxylation is 1. The first-order valence-electron chi connectivity index (χ1n) is 7.88. The van der Waals surface area contributed by atoms with Crippen LogP contribution in [0, 0.1) is 0 Å². The normalized spacial score (nSPS) is 15.4. The summed E-state index contributed by atoms with van der Waals surface area (Å²) in [6.45, 7) is 4.14. The summed E-state index contributed by atoms with van der Waals surface area (Å²) in [5.74, 6) is -0.719. The Balaban J connectivity index is 1.76. The zero-order valence-electron chi connectivity index (χ0n) is 14.1. The molecule has 11 nitrogen and oxygen atoms in total. The molecule has 0 radical (unpaired) electrons. The maximum atomic E-state index is 12.2. The Kier molecular flexibility index (Phi) is 4.86. The lowest BCUT2D eigenvalue weighted by Gasteiger charge is -2.26. The van der Waals surface area contributed by atoms with Crippen LogP contribution in [0.1, 0.15) is 10.6 Å². The van der Waals surface area contributed by atoms with Crippen molar-refractivity contribution in [2.24, 2.45) is 14.1 Å². The number of hydrogen-bond acceptors (Lipinski definition) is 8. The molecule has 0 spiro atoms. The molecule has 0 unspecified atom stereocenters. The second kappa shape index (κ2) is 7.07. The van der Waals surface area contributed by atoms with Crippen molar-refractivity contribution in [2.75, 3.05) is 39.4 Å². The Morgan fingerprint density at radius 1 is 1.16 bits per heavy atom. The molecule has 2 aromatic heterocycles. The zero-order valence-corrected chi connectivity index (χ0v) is 14.1. The summed E-state index contributed by atoms with van der Waals surface area (Å²) in [6.07, 6.45) is 0. The van der Waals surface area contributed by atoms with Gasteiger partial charge in [-0.25, -0.2) is 9.78 Å². The minimum atomic E-state index is -0.615. The smallest absolute Gasteiger partial charge is 0.332 e. The van der Waals surface area contributed by atoms with Crippen molar-refractivity contribution in [1.82, 2.24) is 34.5 Å². The number of morpholine rings is 1. The standard InChI is InChI=1S/C14H19N7O4/c1-19-11-9(13(23)20(2)14(19)24)16-10(17-18-11)12(22)15-3-4-21-5-7-25-8-6-21/h3-8H2,1-2H3,(H,15,22). The summed E-state index contributed by atoms with van der Waals surface area (Å²) in [7, 11) is 2.80. The van der Waals surface area contributed by atoms with Gasteiger partial charge < -0.3 is 10.1 Å². The van der Waals surface area contributed by atoms with Crippen LogP contribution in [0.25, 0.3) is 11.2 Å². The Morgan fingerprint density at radius 3 is 2.60 bits per heavy atom. The Hall–Kier alpha value is -2.66. The lowest BCUT2D eigenvalue weighted by atomic mass is 10.4. The van der Waals surface area contributed by atoms with Crippen LogP contribution in [0.2, 0.25) is 0 Å². The maximum Gasteiger partial charge on any atom is 0.332 e. The summed E-state index contributed by atoms with van der Waals surface area (Å²) in [4.78, 5) is 42.4. The first-order valence-corrected chi connectivity index (χ1v) is 7.88. The molecule has 1 aliphatic rings. The van der Waals surface area contributed by atoms with Gasteiger partial charge in [-0.2, -0.15) is 0 Å². The van der Waals surface area contributed by atoms with E-state index in [0.717, 1.165) is 22.2 Å². The molecule has 0 saturated carbocycles. The van der Waals surface area contributed by atoms with Gasteiger partial charge in [-0.1, -0.05) is 0 Å². The second-order valence-corrected chi connectivity index (χ2v) is 5.72. The molecule has 2 aromatic rings. The number of carbonyl (C=O) groups excluding carboxylic acids is 1. The van der Waals surface area contributed by atoms with Crippen molar-refractivity contribution in [3.05, 3.63) is 26.7 Å². The fraction of sp³-hybridized carbons (Fsp3) is 0.571. The molecule has 1 N–H and O–H groups in total. The monoisotopic (exact) mass is 349 g/mol. The molecular weight excluding hydrogens is 330 g/mol. The summed E-state index contributed by atoms with van der Waals surface area (Å²) < 4.78 is 7.34. The highest BCUT2D eigenvalue weighted by Gasteiger charge is 2.17. The van der Waals surface area contributed by atoms with Crippen molar-refractivity contribution in [3.63, 3.8) is 0 Å². The van der Waals surface area contributed by atoms with Gasteiger partial charge in [0.05, 0.1) is 13.2 Å². The van der Waals surface area contributed by atoms with Crippen LogP contribution in [-0.2, 0) is 18.8 Å². The largest absolute Gasteiger partial charge is 0.379 e. The van der Waals surface area contributed by atoms with Gasteiger partial charge >= 0.3 is 5.69 Å². The number of carbonyl (C=O) groups is 1. The summed E-state index contributed by atoms with van der Waals surface area (Å²) in [5.41, 5.74) is -1.18. The highest BCUT2D eigenvalue weighted by molar-refractivity contribution is 5.91. The Morgan fingerprint density at radius 2 is 1.88 bits per heavy atom. The van der Waals surface area contributed by atoms with Crippen LogP contribution in [0.3, 0.4) is 0 Å². The van der Waals surface area contributed by atoms with Gasteiger partial charge in [-0.3, -0.25) is 23.6 Å². The lowest BCUT2D eigenvalue weighted by Crippen LogP contribution is -2.42. The molecule has 0 aromatic carbocycles. The van der Waals surface area contributed by atoms with Crippen molar-refractivity contribution < 1.29 is 9.53 Å². The predicted octanol–water partition coefficient (Wildman–Crippen LogP) is -2.52. The average molecular weight is 349 g/mol. The van der Waals surface area contributed by atoms with Crippen LogP contribution >= 0.6 is 0 Å². The molecule has 1 amide bonds. The van der Waals surface area contributed by atoms with E-state index in [1.807, 2.05) is 0 Å². The lowest BCUT2D eigenvalue weighted by molar-refractivity contribution is 0.0383. The van der Waals surface area contributed by atoms with Gasteiger partial charge in [0.1, 0.15) is 0 Å². The molecule has 11 heteroatoms. The van der Waals surface area contributed by atoms with Gasteiger partial charge in [-0.15, -0.1) is 10.2 Å². The summed E-state index contributed by atoms with van der Waals surface area (Å²) in [6, 6.07) is 0. The topological polar surface area (TPSA) is 124 Å². The van der Waals surface area contributed by atoms with Crippen molar-refractivity contribution in [1.29, 1.82) is 0 Å². The number of aromatic nitrogens is 5. The van der Waals surface area contributed by atoms with E-state index in [2.05, 4.69) is 25.4 Å². The minimum Gasteiger partial charge on any atom is -0.379 e. The number of ether oxygens (including phenoxy) is 1. The molecule has 0 bridgehead atoms. The number of nitrogens with one attached hydrogen (secondary N) is 1. The van der Waals surface area contributed by atoms with E-state index in [1.54, 1.807) is 0 Å². The highest BCUT2D eigenvalue weighted by Crippen LogP contribution is 2.00. The minimum absolute atomic E-state index is 0.0398. The van der Waals surface area contributed by atoms with E-state index in [4.69, 9.17) is 4.74 Å². The first kappa shape index (κ1) is 17.2. The van der Waals surface area contributed by atoms with Crippen LogP contribution < -0.4 is 16.6 Å². The zero-order chi connectivity index (χ0) is 18.0. The highest BCUT2D eigenvalue weighted by atomic mass is 16.5. The van der Waals surface area contributed by atoms with Crippen LogP contribution in [-0.4, -0.2) is 74.5 Å². The van der Waals surface area contributed by atoms with Crippen LogP contribution in [0.5, 0.6) is 0 Å². The molecule has 1 fully saturated rings. The van der Waals surface area contributed by atoms with Crippen LogP contribution in [0.15, 0.2) is 9.59 Å². The van der Waals surface area contributed by atoms with E-state index in [-0.39, 0.29) is 17.0 Å². The molecular formula is C14H19N7O4. The predicted molar refractivity (Wildman–Crippen MR) is 87.4 cm³/mol. The third-order valence-corrected chi connectivity index (χ3v) is 4.09. The van der Waals surface area contributed by atoms with Crippen molar-refractivity contribution in [3.8, 4) is 0 Å². The second-order valence-electron chi connectivity index (χ2n) is 5.72. The summed E-state index contributed by atoms with van der Waals surface area (Å²) >= 11 is 0. The van der Waals surface area contributed by atoms with Gasteiger partial charge in [0.15, 0.2) is 11.2 Å². The number of amides is 1. The maximum absolute atomic E-state index is 12.2. The van der Waals surface area contributed by atoms with Crippen molar-refractivity contribution >= 4 is 17.1 Å². The third-order valence-electron chi connectivity index (χ3n) is 4.09. The number of hydrogen-bond donors (Lipinski definition) is 1. The quantitative estimate of drug-likeness (QED) is 0.641. The van der Waals surface area contributed by atoms with E-state index in [1.165, 1.54) is 14.1 Å². The van der Waals surface area contributed by atoms with Gasteiger partial charge in [0.25, 0.3) is 11.5 Å². The third kappa shape index (κ3) is 3.42. The summed E-state index contributed by atoms with van der Waals surface area (Å²) in [5, 5.41) is 10.2. The molecule has 1 saturated heterocycles. The fourth-order valence-electron chi connectivity index (χ4n) is 2.58. The van der Waals surface area contributed by atoms with Gasteiger partial charge in [-0.05, 0) is 0 Å². The number of nitrogens with zero attached hydrogens (tertiary/aromatic N) is 6. The van der Waals surface area contributed by atoms with E-state index in [9.17, 15) is 14.4 Å². The molecule has 25 heavy (non-hydrogen) atoms. The molecule has 0 atom stereocenters. The van der Waals surface area contributed by atoms with Gasteiger partial charge in [0, 0.05) is 40.3 Å². The molecule has 0 aliphatic carbocycles. The van der Waals surface area contributed by atoms with Crippen LogP contribution in [0.4, 0.5) is 0 Å². The fourth-order valence-corrected chi connectivity index (χ4v) is 2.58. The first-order chi connectivity index (χ1) is 12.0. The van der Waals surface area contributed by atoms with Crippen molar-refractivity contribution in [2.45, 2.75) is 0 Å². The SMILES string of the molecule is Cn1c(=O)c2nc(C(=O)NCCN3CCOCC3)nnc2n(C)c1=O. The molecule has 1 aliphatic heterocycles. The number of rotatable bonds is 4. The Labute approximate surface area is 142 Å². The van der Waals surface area contributed by atoms with Gasteiger partial charge in [0.2, 0.25) is 5.82 Å². The molecule has 3 heterocycles. The molecule has 3 rings (SSSR count). The Bertz CT molecular complexity index is 914. The number of fused-ring (bicyclic) bond motifs is 1. The average Bonchev–Trinajstić information content (AvgIpc) is 2.65. The molecule has 134 valence electrons. The van der Waals surface area contributed by atoms with E-state index >= 15 is 0 Å².